The van der Waals surface area contributed by atoms with Crippen molar-refractivity contribution in [3.05, 3.63) is 194 Å². The van der Waals surface area contributed by atoms with Crippen LogP contribution in [-0.4, -0.2) is 0 Å². The van der Waals surface area contributed by atoms with Crippen LogP contribution in [-0.2, 0) is 0 Å². The molecule has 0 unspecified atom stereocenters. The predicted molar refractivity (Wildman–Crippen MR) is 246 cm³/mol. The Morgan fingerprint density at radius 3 is 1.45 bits per heavy atom. The Kier molecular flexibility index (Phi) is 7.07. The number of benzene rings is 10. The van der Waals surface area contributed by atoms with E-state index >= 15 is 0 Å². The van der Waals surface area contributed by atoms with Gasteiger partial charge in [-0.2, -0.15) is 0 Å². The van der Waals surface area contributed by atoms with Gasteiger partial charge in [0.05, 0.1) is 0 Å². The van der Waals surface area contributed by atoms with Gasteiger partial charge in [0.15, 0.2) is 0 Å². The average molecular weight is 745 g/mol. The van der Waals surface area contributed by atoms with Crippen LogP contribution in [0.4, 0.5) is 0 Å². The lowest BCUT2D eigenvalue weighted by Gasteiger charge is -2.18. The molecule has 0 atom stereocenters. The molecule has 0 amide bonds. The van der Waals surface area contributed by atoms with Crippen molar-refractivity contribution in [3.63, 3.8) is 0 Å². The molecule has 0 N–H and O–H groups in total. The topological polar surface area (TPSA) is 0 Å². The summed E-state index contributed by atoms with van der Waals surface area (Å²) in [5, 5.41) is 13.0. The Hall–Kier alpha value is -6.58. The van der Waals surface area contributed by atoms with E-state index in [9.17, 15) is 0 Å². The average Bonchev–Trinajstić information content (AvgIpc) is 3.84. The molecule has 12 aromatic rings. The molecular formula is C54H32S2. The summed E-state index contributed by atoms with van der Waals surface area (Å²) >= 11 is 3.82. The first kappa shape index (κ1) is 31.7. The number of hydrogen-bond acceptors (Lipinski definition) is 2. The predicted octanol–water partition coefficient (Wildman–Crippen LogP) is 16.5. The van der Waals surface area contributed by atoms with Crippen LogP contribution < -0.4 is 0 Å². The van der Waals surface area contributed by atoms with E-state index in [1.165, 1.54) is 117 Å². The van der Waals surface area contributed by atoms with Crippen LogP contribution in [0.25, 0.3) is 117 Å². The summed E-state index contributed by atoms with van der Waals surface area (Å²) in [6.45, 7) is 0. The minimum atomic E-state index is 1.23. The molecule has 0 fully saturated rings. The van der Waals surface area contributed by atoms with Gasteiger partial charge in [-0.3, -0.25) is 0 Å². The minimum absolute atomic E-state index is 1.23. The highest BCUT2D eigenvalue weighted by molar-refractivity contribution is 7.29. The highest BCUT2D eigenvalue weighted by Crippen LogP contribution is 2.47. The zero-order valence-corrected chi connectivity index (χ0v) is 31.9. The fraction of sp³-hybridized carbons (Fsp3) is 0. The van der Waals surface area contributed by atoms with E-state index in [0.29, 0.717) is 0 Å². The zero-order chi connectivity index (χ0) is 36.7. The molecule has 0 aliphatic heterocycles. The van der Waals surface area contributed by atoms with Crippen LogP contribution in [0.3, 0.4) is 0 Å². The molecule has 12 rings (SSSR count). The summed E-state index contributed by atoms with van der Waals surface area (Å²) in [5.74, 6) is 0. The molecule has 0 bridgehead atoms. The first-order valence-electron chi connectivity index (χ1n) is 19.2. The monoisotopic (exact) mass is 744 g/mol. The molecule has 56 heavy (non-hydrogen) atoms. The summed E-state index contributed by atoms with van der Waals surface area (Å²) < 4.78 is 5.44. The first-order chi connectivity index (χ1) is 27.7. The van der Waals surface area contributed by atoms with Crippen molar-refractivity contribution in [3.8, 4) is 44.5 Å². The van der Waals surface area contributed by atoms with Crippen molar-refractivity contribution in [1.29, 1.82) is 0 Å². The molecule has 0 radical (unpaired) electrons. The molecule has 0 saturated carbocycles. The Morgan fingerprint density at radius 2 is 0.732 bits per heavy atom. The standard InChI is InChI=1S/C54H32S2/c1-2-10-33(11-3-1)36-22-23-38-31-40(25-24-37(38)30-36)52-44-15-6-4-13-42(44)51(43-14-5-7-16-45(43)52)35-20-18-34(19-21-35)39-26-28-49-47(32-39)53-50(55-49)29-27-46-41-12-8-9-17-48(41)56-54(46)53/h1-32H. The molecule has 2 aromatic heterocycles. The third-order valence-electron chi connectivity index (χ3n) is 11.7. The molecular weight excluding hydrogens is 713 g/mol. The minimum Gasteiger partial charge on any atom is -0.135 e. The Bertz CT molecular complexity index is 3450. The lowest BCUT2D eigenvalue weighted by Crippen LogP contribution is -1.91. The number of thiophene rings is 2. The zero-order valence-electron chi connectivity index (χ0n) is 30.3. The molecule has 10 aromatic carbocycles. The van der Waals surface area contributed by atoms with E-state index in [4.69, 9.17) is 0 Å². The van der Waals surface area contributed by atoms with Crippen LogP contribution in [0.15, 0.2) is 194 Å². The molecule has 0 nitrogen and oxygen atoms in total. The maximum Gasteiger partial charge on any atom is 0.0448 e. The second-order valence-electron chi connectivity index (χ2n) is 14.8. The quantitative estimate of drug-likeness (QED) is 0.157. The van der Waals surface area contributed by atoms with Gasteiger partial charge >= 0.3 is 0 Å². The summed E-state index contributed by atoms with van der Waals surface area (Å²) in [6, 6.07) is 72.0. The normalized spacial score (nSPS) is 11.9. The van der Waals surface area contributed by atoms with Crippen molar-refractivity contribution in [2.45, 2.75) is 0 Å². The number of hydrogen-bond donors (Lipinski definition) is 0. The third kappa shape index (κ3) is 4.90. The number of fused-ring (bicyclic) bond motifs is 10. The summed E-state index contributed by atoms with van der Waals surface area (Å²) in [5.41, 5.74) is 10.0. The maximum atomic E-state index is 2.42. The van der Waals surface area contributed by atoms with Gasteiger partial charge in [0.25, 0.3) is 0 Å². The Morgan fingerprint density at radius 1 is 0.250 bits per heavy atom. The van der Waals surface area contributed by atoms with Gasteiger partial charge in [-0.1, -0.05) is 158 Å². The molecule has 2 heterocycles. The van der Waals surface area contributed by atoms with Gasteiger partial charge in [-0.05, 0) is 113 Å². The van der Waals surface area contributed by atoms with Gasteiger partial charge in [0.2, 0.25) is 0 Å². The second-order valence-corrected chi connectivity index (χ2v) is 16.9. The maximum absolute atomic E-state index is 2.42. The second kappa shape index (κ2) is 12.5. The molecule has 260 valence electrons. The van der Waals surface area contributed by atoms with E-state index in [1.54, 1.807) is 0 Å². The smallest absolute Gasteiger partial charge is 0.0448 e. The van der Waals surface area contributed by atoms with E-state index in [0.717, 1.165) is 0 Å². The van der Waals surface area contributed by atoms with Crippen LogP contribution in [0.5, 0.6) is 0 Å². The highest BCUT2D eigenvalue weighted by atomic mass is 32.1. The summed E-state index contributed by atoms with van der Waals surface area (Å²) in [6.07, 6.45) is 0. The van der Waals surface area contributed by atoms with E-state index < -0.39 is 0 Å². The van der Waals surface area contributed by atoms with Crippen LogP contribution in [0, 0.1) is 0 Å². The fourth-order valence-corrected chi connectivity index (χ4v) is 11.4. The fourth-order valence-electron chi connectivity index (χ4n) is 9.01. The molecule has 0 aliphatic rings. The molecule has 0 spiro atoms. The van der Waals surface area contributed by atoms with Crippen molar-refractivity contribution in [1.82, 2.24) is 0 Å². The van der Waals surface area contributed by atoms with Crippen molar-refractivity contribution in [2.75, 3.05) is 0 Å². The van der Waals surface area contributed by atoms with Gasteiger partial charge in [-0.25, -0.2) is 0 Å². The summed E-state index contributed by atoms with van der Waals surface area (Å²) in [7, 11) is 0. The molecule has 0 saturated heterocycles. The first-order valence-corrected chi connectivity index (χ1v) is 20.8. The van der Waals surface area contributed by atoms with E-state index in [2.05, 4.69) is 194 Å². The molecule has 0 aliphatic carbocycles. The molecule has 2 heteroatoms. The van der Waals surface area contributed by atoms with Crippen molar-refractivity contribution >= 4 is 95.3 Å². The lowest BCUT2D eigenvalue weighted by molar-refractivity contribution is 1.63. The highest BCUT2D eigenvalue weighted by Gasteiger charge is 2.18. The lowest BCUT2D eigenvalue weighted by atomic mass is 9.85. The van der Waals surface area contributed by atoms with Gasteiger partial charge < -0.3 is 0 Å². The van der Waals surface area contributed by atoms with Gasteiger partial charge in [-0.15, -0.1) is 22.7 Å². The Labute approximate surface area is 332 Å². The van der Waals surface area contributed by atoms with Crippen LogP contribution in [0.1, 0.15) is 0 Å². The van der Waals surface area contributed by atoms with Crippen LogP contribution >= 0.6 is 22.7 Å². The van der Waals surface area contributed by atoms with E-state index in [-0.39, 0.29) is 0 Å². The van der Waals surface area contributed by atoms with E-state index in [1.807, 2.05) is 22.7 Å². The largest absolute Gasteiger partial charge is 0.135 e. The number of rotatable bonds is 4. The van der Waals surface area contributed by atoms with Crippen molar-refractivity contribution < 1.29 is 0 Å². The van der Waals surface area contributed by atoms with Crippen molar-refractivity contribution in [2.24, 2.45) is 0 Å². The van der Waals surface area contributed by atoms with Gasteiger partial charge in [0, 0.05) is 40.3 Å². The Balaban J connectivity index is 0.978. The SMILES string of the molecule is c1ccc(-c2ccc3cc(-c4c5ccccc5c(-c5ccc(-c6ccc7sc8ccc9c%10ccccc%10sc9c8c7c6)cc5)c5ccccc45)ccc3c2)cc1. The summed E-state index contributed by atoms with van der Waals surface area (Å²) in [4.78, 5) is 0. The van der Waals surface area contributed by atoms with Crippen LogP contribution in [0.2, 0.25) is 0 Å². The van der Waals surface area contributed by atoms with Gasteiger partial charge in [0.1, 0.15) is 0 Å². The third-order valence-corrected chi connectivity index (χ3v) is 14.0.